The van der Waals surface area contributed by atoms with Crippen LogP contribution >= 0.6 is 0 Å². The molecule has 1 amide bonds. The Labute approximate surface area is 122 Å². The molecule has 4 heteroatoms. The van der Waals surface area contributed by atoms with E-state index in [1.807, 2.05) is 50.2 Å². The zero-order chi connectivity index (χ0) is 15.0. The Hall–Kier alpha value is -2.75. The lowest BCUT2D eigenvalue weighted by Gasteiger charge is -2.10. The van der Waals surface area contributed by atoms with Crippen LogP contribution in [0.4, 0.5) is 11.4 Å². The summed E-state index contributed by atoms with van der Waals surface area (Å²) in [6, 6.07) is 13.0. The van der Waals surface area contributed by atoms with Crippen molar-refractivity contribution >= 4 is 28.3 Å². The monoisotopic (exact) mass is 280 g/mol. The van der Waals surface area contributed by atoms with Gasteiger partial charge in [0.15, 0.2) is 5.76 Å². The SMILES string of the molecule is Cc1cc(NC(=O)c2cc3ccccc3o2)c(C)cc1N. The van der Waals surface area contributed by atoms with Gasteiger partial charge in [-0.15, -0.1) is 0 Å². The molecule has 0 saturated heterocycles. The minimum absolute atomic E-state index is 0.265. The van der Waals surface area contributed by atoms with Gasteiger partial charge < -0.3 is 15.5 Å². The van der Waals surface area contributed by atoms with Gasteiger partial charge in [-0.2, -0.15) is 0 Å². The largest absolute Gasteiger partial charge is 0.451 e. The maximum Gasteiger partial charge on any atom is 0.291 e. The molecule has 0 bridgehead atoms. The summed E-state index contributed by atoms with van der Waals surface area (Å²) in [5.74, 6) is 0.0311. The maximum absolute atomic E-state index is 12.3. The molecule has 106 valence electrons. The second-order valence-electron chi connectivity index (χ2n) is 5.13. The lowest BCUT2D eigenvalue weighted by molar-refractivity contribution is 0.0998. The number of anilines is 2. The summed E-state index contributed by atoms with van der Waals surface area (Å²) in [5, 5.41) is 3.78. The minimum Gasteiger partial charge on any atom is -0.451 e. The number of nitrogen functional groups attached to an aromatic ring is 1. The van der Waals surface area contributed by atoms with E-state index in [1.54, 1.807) is 6.07 Å². The Bertz CT molecular complexity index is 801. The van der Waals surface area contributed by atoms with Crippen LogP contribution in [0.1, 0.15) is 21.7 Å². The van der Waals surface area contributed by atoms with Crippen molar-refractivity contribution in [1.29, 1.82) is 0 Å². The summed E-state index contributed by atoms with van der Waals surface area (Å²) < 4.78 is 5.56. The van der Waals surface area contributed by atoms with Crippen LogP contribution in [0.3, 0.4) is 0 Å². The van der Waals surface area contributed by atoms with Gasteiger partial charge in [0.2, 0.25) is 0 Å². The lowest BCUT2D eigenvalue weighted by atomic mass is 10.1. The van der Waals surface area contributed by atoms with Gasteiger partial charge in [-0.3, -0.25) is 4.79 Å². The highest BCUT2D eigenvalue weighted by molar-refractivity contribution is 6.05. The first-order valence-electron chi connectivity index (χ1n) is 6.71. The van der Waals surface area contributed by atoms with E-state index in [0.717, 1.165) is 22.2 Å². The van der Waals surface area contributed by atoms with Gasteiger partial charge in [0.05, 0.1) is 0 Å². The molecule has 3 aromatic rings. The standard InChI is InChI=1S/C17H16N2O2/c1-10-8-14(11(2)7-13(10)18)19-17(20)16-9-12-5-3-4-6-15(12)21-16/h3-9H,18H2,1-2H3,(H,19,20). The summed E-state index contributed by atoms with van der Waals surface area (Å²) in [6.07, 6.45) is 0. The van der Waals surface area contributed by atoms with E-state index in [1.165, 1.54) is 0 Å². The number of benzene rings is 2. The number of nitrogens with two attached hydrogens (primary N) is 1. The van der Waals surface area contributed by atoms with Crippen molar-refractivity contribution in [2.75, 3.05) is 11.1 Å². The van der Waals surface area contributed by atoms with Crippen LogP contribution in [-0.4, -0.2) is 5.91 Å². The molecule has 1 aromatic heterocycles. The first-order chi connectivity index (χ1) is 10.0. The third-order valence-electron chi connectivity index (χ3n) is 3.51. The van der Waals surface area contributed by atoms with Crippen LogP contribution in [0.15, 0.2) is 46.9 Å². The molecule has 0 aliphatic rings. The van der Waals surface area contributed by atoms with E-state index in [-0.39, 0.29) is 5.91 Å². The highest BCUT2D eigenvalue weighted by Gasteiger charge is 2.13. The van der Waals surface area contributed by atoms with Gasteiger partial charge in [-0.05, 0) is 49.2 Å². The zero-order valence-electron chi connectivity index (χ0n) is 11.9. The Kier molecular flexibility index (Phi) is 3.14. The third kappa shape index (κ3) is 2.48. The van der Waals surface area contributed by atoms with Crippen molar-refractivity contribution < 1.29 is 9.21 Å². The molecule has 4 nitrogen and oxygen atoms in total. The molecular formula is C17H16N2O2. The molecule has 0 spiro atoms. The molecule has 1 heterocycles. The highest BCUT2D eigenvalue weighted by Crippen LogP contribution is 2.24. The number of rotatable bonds is 2. The molecule has 0 aliphatic heterocycles. The second-order valence-corrected chi connectivity index (χ2v) is 5.13. The topological polar surface area (TPSA) is 68.3 Å². The summed E-state index contributed by atoms with van der Waals surface area (Å²) in [7, 11) is 0. The van der Waals surface area contributed by atoms with E-state index < -0.39 is 0 Å². The van der Waals surface area contributed by atoms with Crippen molar-refractivity contribution in [2.24, 2.45) is 0 Å². The fraction of sp³-hybridized carbons (Fsp3) is 0.118. The van der Waals surface area contributed by atoms with Crippen LogP contribution in [0, 0.1) is 13.8 Å². The smallest absolute Gasteiger partial charge is 0.291 e. The predicted octanol–water partition coefficient (Wildman–Crippen LogP) is 3.88. The molecule has 3 N–H and O–H groups in total. The number of amides is 1. The molecule has 0 fully saturated rings. The molecule has 0 atom stereocenters. The normalized spacial score (nSPS) is 10.8. The molecule has 3 rings (SSSR count). The number of carbonyl (C=O) groups excluding carboxylic acids is 1. The number of hydrogen-bond donors (Lipinski definition) is 2. The first kappa shape index (κ1) is 13.2. The van der Waals surface area contributed by atoms with Crippen LogP contribution in [0.5, 0.6) is 0 Å². The van der Waals surface area contributed by atoms with Crippen LogP contribution in [-0.2, 0) is 0 Å². The van der Waals surface area contributed by atoms with Crippen LogP contribution < -0.4 is 11.1 Å². The molecule has 0 radical (unpaired) electrons. The summed E-state index contributed by atoms with van der Waals surface area (Å²) >= 11 is 0. The van der Waals surface area contributed by atoms with Gasteiger partial charge >= 0.3 is 0 Å². The predicted molar refractivity (Wildman–Crippen MR) is 84.5 cm³/mol. The number of fused-ring (bicyclic) bond motifs is 1. The number of nitrogens with one attached hydrogen (secondary N) is 1. The van der Waals surface area contributed by atoms with Gasteiger partial charge in [-0.25, -0.2) is 0 Å². The Morgan fingerprint density at radius 3 is 2.62 bits per heavy atom. The van der Waals surface area contributed by atoms with Crippen LogP contribution in [0.2, 0.25) is 0 Å². The second kappa shape index (κ2) is 4.98. The molecule has 0 unspecified atom stereocenters. The maximum atomic E-state index is 12.3. The third-order valence-corrected chi connectivity index (χ3v) is 3.51. The summed E-state index contributed by atoms with van der Waals surface area (Å²) in [5.41, 5.74) is 9.86. The number of carbonyl (C=O) groups is 1. The van der Waals surface area contributed by atoms with E-state index in [4.69, 9.17) is 10.2 Å². The quantitative estimate of drug-likeness (QED) is 0.700. The average Bonchev–Trinajstić information content (AvgIpc) is 2.88. The molecule has 0 saturated carbocycles. The van der Waals surface area contributed by atoms with Crippen molar-refractivity contribution in [1.82, 2.24) is 0 Å². The van der Waals surface area contributed by atoms with Crippen molar-refractivity contribution in [3.05, 3.63) is 59.4 Å². The Morgan fingerprint density at radius 2 is 1.86 bits per heavy atom. The zero-order valence-corrected chi connectivity index (χ0v) is 11.9. The fourth-order valence-corrected chi connectivity index (χ4v) is 2.25. The number of para-hydroxylation sites is 1. The van der Waals surface area contributed by atoms with E-state index in [0.29, 0.717) is 17.0 Å². The molecule has 0 aliphatic carbocycles. The minimum atomic E-state index is -0.265. The van der Waals surface area contributed by atoms with Crippen molar-refractivity contribution in [3.63, 3.8) is 0 Å². The van der Waals surface area contributed by atoms with Crippen molar-refractivity contribution in [3.8, 4) is 0 Å². The highest BCUT2D eigenvalue weighted by atomic mass is 16.3. The van der Waals surface area contributed by atoms with Gasteiger partial charge in [0.25, 0.3) is 5.91 Å². The fourth-order valence-electron chi connectivity index (χ4n) is 2.25. The molecule has 2 aromatic carbocycles. The molecular weight excluding hydrogens is 264 g/mol. The summed E-state index contributed by atoms with van der Waals surface area (Å²) in [6.45, 7) is 3.82. The summed E-state index contributed by atoms with van der Waals surface area (Å²) in [4.78, 5) is 12.3. The Morgan fingerprint density at radius 1 is 1.10 bits per heavy atom. The van der Waals surface area contributed by atoms with Gasteiger partial charge in [-0.1, -0.05) is 18.2 Å². The first-order valence-corrected chi connectivity index (χ1v) is 6.71. The van der Waals surface area contributed by atoms with Gasteiger partial charge in [0.1, 0.15) is 5.58 Å². The van der Waals surface area contributed by atoms with Crippen molar-refractivity contribution in [2.45, 2.75) is 13.8 Å². The van der Waals surface area contributed by atoms with E-state index in [2.05, 4.69) is 5.32 Å². The number of hydrogen-bond acceptors (Lipinski definition) is 3. The lowest BCUT2D eigenvalue weighted by Crippen LogP contribution is -2.12. The van der Waals surface area contributed by atoms with E-state index >= 15 is 0 Å². The Balaban J connectivity index is 1.91. The number of aryl methyl sites for hydroxylation is 2. The van der Waals surface area contributed by atoms with Gasteiger partial charge in [0, 0.05) is 16.8 Å². The number of furan rings is 1. The average molecular weight is 280 g/mol. The van der Waals surface area contributed by atoms with Crippen LogP contribution in [0.25, 0.3) is 11.0 Å². The molecule has 21 heavy (non-hydrogen) atoms. The van der Waals surface area contributed by atoms with E-state index in [9.17, 15) is 4.79 Å².